The quantitative estimate of drug-likeness (QED) is 0.234. The molecule has 222 valence electrons. The van der Waals surface area contributed by atoms with Gasteiger partial charge in [-0.3, -0.25) is 9.59 Å². The third-order valence-electron chi connectivity index (χ3n) is 8.45. The normalized spacial score (nSPS) is 17.6. The number of rotatable bonds is 15. The molecule has 0 saturated heterocycles. The van der Waals surface area contributed by atoms with Crippen molar-refractivity contribution in [2.24, 2.45) is 11.7 Å². The van der Waals surface area contributed by atoms with Gasteiger partial charge in [0.15, 0.2) is 0 Å². The molecule has 2 aliphatic heterocycles. The first-order chi connectivity index (χ1) is 19.8. The molecule has 0 saturated carbocycles. The Hall–Kier alpha value is -2.81. The zero-order valence-electron chi connectivity index (χ0n) is 25.1. The summed E-state index contributed by atoms with van der Waals surface area (Å²) >= 11 is 1.42. The predicted molar refractivity (Wildman–Crippen MR) is 166 cm³/mol. The van der Waals surface area contributed by atoms with Crippen molar-refractivity contribution < 1.29 is 14.0 Å². The molecule has 4 rings (SSSR count). The van der Waals surface area contributed by atoms with Crippen LogP contribution in [0, 0.1) is 11.7 Å². The van der Waals surface area contributed by atoms with Crippen LogP contribution < -0.4 is 11.1 Å². The molecule has 3 N–H and O–H groups in total. The Kier molecular flexibility index (Phi) is 10.6. The molecule has 3 heterocycles. The smallest absolute Gasteiger partial charge is 0.261 e. The summed E-state index contributed by atoms with van der Waals surface area (Å²) in [5, 5.41) is 3.60. The SMILES string of the molecule is CCCCNC(CC)CN1C(=O)C2=C(C)N(CC(CC)C(N)CCC)C(=O)C2=C1c1ccc(-c2ccccc2F)s1. The molecule has 0 aliphatic carbocycles. The number of hydrogen-bond donors (Lipinski definition) is 2. The fourth-order valence-electron chi connectivity index (χ4n) is 5.90. The van der Waals surface area contributed by atoms with Crippen LogP contribution in [0.1, 0.15) is 78.0 Å². The number of amides is 2. The van der Waals surface area contributed by atoms with Crippen molar-refractivity contribution in [1.29, 1.82) is 0 Å². The number of allylic oxidation sites excluding steroid dienone is 1. The Morgan fingerprint density at radius 2 is 1.61 bits per heavy atom. The third-order valence-corrected chi connectivity index (χ3v) is 9.57. The zero-order chi connectivity index (χ0) is 29.7. The lowest BCUT2D eigenvalue weighted by Crippen LogP contribution is -2.42. The second kappa shape index (κ2) is 13.9. The van der Waals surface area contributed by atoms with Crippen molar-refractivity contribution >= 4 is 28.8 Å². The summed E-state index contributed by atoms with van der Waals surface area (Å²) in [5.41, 5.74) is 9.33. The number of fused-ring (bicyclic) bond motifs is 1. The van der Waals surface area contributed by atoms with E-state index in [1.165, 1.54) is 17.4 Å². The average Bonchev–Trinajstić information content (AvgIpc) is 3.61. The van der Waals surface area contributed by atoms with Gasteiger partial charge in [0.25, 0.3) is 11.8 Å². The summed E-state index contributed by atoms with van der Waals surface area (Å²) in [6, 6.07) is 10.6. The van der Waals surface area contributed by atoms with Crippen molar-refractivity contribution in [3.63, 3.8) is 0 Å². The van der Waals surface area contributed by atoms with Crippen molar-refractivity contribution in [1.82, 2.24) is 15.1 Å². The first kappa shape index (κ1) is 31.1. The highest BCUT2D eigenvalue weighted by Crippen LogP contribution is 2.46. The van der Waals surface area contributed by atoms with Gasteiger partial charge in [-0.2, -0.15) is 0 Å². The van der Waals surface area contributed by atoms with Gasteiger partial charge >= 0.3 is 0 Å². The number of hydrogen-bond acceptors (Lipinski definition) is 5. The first-order valence-corrected chi connectivity index (χ1v) is 16.0. The van der Waals surface area contributed by atoms with E-state index in [4.69, 9.17) is 5.73 Å². The van der Waals surface area contributed by atoms with Crippen molar-refractivity contribution in [2.45, 2.75) is 85.2 Å². The summed E-state index contributed by atoms with van der Waals surface area (Å²) in [7, 11) is 0. The molecule has 8 heteroatoms. The Morgan fingerprint density at radius 1 is 0.902 bits per heavy atom. The topological polar surface area (TPSA) is 78.7 Å². The molecular formula is C33H45FN4O2S. The molecule has 0 radical (unpaired) electrons. The van der Waals surface area contributed by atoms with Crippen LogP contribution in [0.15, 0.2) is 53.2 Å². The molecular weight excluding hydrogens is 535 g/mol. The van der Waals surface area contributed by atoms with Gasteiger partial charge < -0.3 is 20.9 Å². The number of unbranched alkanes of at least 4 members (excludes halogenated alkanes) is 1. The lowest BCUT2D eigenvalue weighted by Gasteiger charge is -2.30. The number of benzene rings is 1. The van der Waals surface area contributed by atoms with Crippen LogP contribution in [0.5, 0.6) is 0 Å². The zero-order valence-corrected chi connectivity index (χ0v) is 26.0. The van der Waals surface area contributed by atoms with Crippen LogP contribution in [-0.4, -0.2) is 53.3 Å². The van der Waals surface area contributed by atoms with Gasteiger partial charge in [0.05, 0.1) is 21.7 Å². The predicted octanol–water partition coefficient (Wildman–Crippen LogP) is 6.55. The maximum Gasteiger partial charge on any atom is 0.261 e. The van der Waals surface area contributed by atoms with Gasteiger partial charge in [-0.1, -0.05) is 65.2 Å². The van der Waals surface area contributed by atoms with E-state index >= 15 is 0 Å². The summed E-state index contributed by atoms with van der Waals surface area (Å²) in [5.74, 6) is -0.424. The van der Waals surface area contributed by atoms with E-state index in [-0.39, 0.29) is 35.6 Å². The van der Waals surface area contributed by atoms with E-state index in [9.17, 15) is 14.0 Å². The number of carbonyl (C=O) groups excluding carboxylic acids is 2. The van der Waals surface area contributed by atoms with Gasteiger partial charge in [-0.05, 0) is 56.8 Å². The van der Waals surface area contributed by atoms with E-state index < -0.39 is 0 Å². The molecule has 0 bridgehead atoms. The van der Waals surface area contributed by atoms with Crippen LogP contribution in [0.4, 0.5) is 4.39 Å². The van der Waals surface area contributed by atoms with E-state index in [0.29, 0.717) is 41.2 Å². The lowest BCUT2D eigenvalue weighted by atomic mass is 9.93. The molecule has 2 aromatic rings. The summed E-state index contributed by atoms with van der Waals surface area (Å²) in [6.07, 6.45) is 5.75. The number of thiophene rings is 1. The van der Waals surface area contributed by atoms with Crippen molar-refractivity contribution in [3.8, 4) is 10.4 Å². The fourth-order valence-corrected chi connectivity index (χ4v) is 6.99. The van der Waals surface area contributed by atoms with Crippen LogP contribution in [-0.2, 0) is 9.59 Å². The average molecular weight is 581 g/mol. The molecule has 1 aromatic heterocycles. The van der Waals surface area contributed by atoms with Crippen molar-refractivity contribution in [2.75, 3.05) is 19.6 Å². The Labute approximate surface area is 248 Å². The maximum atomic E-state index is 14.7. The first-order valence-electron chi connectivity index (χ1n) is 15.2. The van der Waals surface area contributed by atoms with E-state index in [2.05, 4.69) is 33.0 Å². The van der Waals surface area contributed by atoms with Gasteiger partial charge in [0.2, 0.25) is 0 Å². The lowest BCUT2D eigenvalue weighted by molar-refractivity contribution is -0.124. The minimum atomic E-state index is -0.294. The number of halogens is 1. The van der Waals surface area contributed by atoms with Crippen LogP contribution in [0.2, 0.25) is 0 Å². The Balaban J connectivity index is 1.76. The van der Waals surface area contributed by atoms with Gasteiger partial charge in [-0.25, -0.2) is 4.39 Å². The Morgan fingerprint density at radius 3 is 2.27 bits per heavy atom. The molecule has 41 heavy (non-hydrogen) atoms. The van der Waals surface area contributed by atoms with Crippen LogP contribution in [0.3, 0.4) is 0 Å². The number of nitrogens with zero attached hydrogens (tertiary/aromatic N) is 2. The van der Waals surface area contributed by atoms with Crippen LogP contribution >= 0.6 is 11.3 Å². The highest BCUT2D eigenvalue weighted by atomic mass is 32.1. The second-order valence-corrected chi connectivity index (χ2v) is 12.3. The van der Waals surface area contributed by atoms with Crippen molar-refractivity contribution in [3.05, 3.63) is 63.9 Å². The highest BCUT2D eigenvalue weighted by molar-refractivity contribution is 7.16. The Bertz CT molecular complexity index is 1320. The standard InChI is InChI=1S/C33H45FN4O2S/c1-6-10-18-36-23(9-4)20-38-31(28-17-16-27(41-28)24-14-11-12-15-25(24)34)30-29(32(38)39)21(5)37(33(30)40)19-22(8-3)26(35)13-7-2/h11-12,14-17,22-23,26,36H,6-10,13,18-20,35H2,1-5H3. The third kappa shape index (κ3) is 6.35. The summed E-state index contributed by atoms with van der Waals surface area (Å²) < 4.78 is 14.7. The minimum absolute atomic E-state index is 0.00294. The molecule has 3 unspecified atom stereocenters. The van der Waals surface area contributed by atoms with E-state index in [0.717, 1.165) is 54.8 Å². The van der Waals surface area contributed by atoms with Crippen LogP contribution in [0.25, 0.3) is 16.1 Å². The maximum absolute atomic E-state index is 14.7. The molecule has 2 aliphatic rings. The molecule has 2 amide bonds. The summed E-state index contributed by atoms with van der Waals surface area (Å²) in [4.78, 5) is 33.4. The largest absolute Gasteiger partial charge is 0.327 e. The second-order valence-electron chi connectivity index (χ2n) is 11.2. The molecule has 3 atom stereocenters. The minimum Gasteiger partial charge on any atom is -0.327 e. The van der Waals surface area contributed by atoms with Gasteiger partial charge in [0, 0.05) is 41.3 Å². The molecule has 1 aromatic carbocycles. The van der Waals surface area contributed by atoms with Gasteiger partial charge in [0.1, 0.15) is 5.82 Å². The number of nitrogens with two attached hydrogens (primary N) is 1. The van der Waals surface area contributed by atoms with Gasteiger partial charge in [-0.15, -0.1) is 11.3 Å². The fraction of sp³-hybridized carbons (Fsp3) is 0.515. The van der Waals surface area contributed by atoms with E-state index in [1.807, 2.05) is 25.1 Å². The summed E-state index contributed by atoms with van der Waals surface area (Å²) in [6.45, 7) is 12.2. The highest BCUT2D eigenvalue weighted by Gasteiger charge is 2.48. The molecule has 0 spiro atoms. The number of nitrogens with one attached hydrogen (secondary N) is 1. The van der Waals surface area contributed by atoms with E-state index in [1.54, 1.807) is 21.9 Å². The molecule has 0 fully saturated rings. The molecule has 6 nitrogen and oxygen atoms in total. The number of carbonyl (C=O) groups is 2. The monoisotopic (exact) mass is 580 g/mol.